The molecule has 1 aromatic heterocycles. The highest BCUT2D eigenvalue weighted by molar-refractivity contribution is 5.36. The Balaban J connectivity index is 2.11. The van der Waals surface area contributed by atoms with Crippen LogP contribution in [0.15, 0.2) is 48.7 Å². The van der Waals surface area contributed by atoms with E-state index in [0.717, 1.165) is 11.3 Å². The summed E-state index contributed by atoms with van der Waals surface area (Å²) in [5.74, 6) is 1.21. The standard InChI is InChI=1S/C13H14N2O/c1-10(11-5-3-2-4-6-11)16-12-7-8-15-13(14)9-12/h2-10H,1H3,(H2,14,15)/t10-/m1/s1. The van der Waals surface area contributed by atoms with Gasteiger partial charge in [-0.2, -0.15) is 0 Å². The maximum absolute atomic E-state index is 5.76. The van der Waals surface area contributed by atoms with E-state index in [4.69, 9.17) is 10.5 Å². The number of nitrogens with two attached hydrogens (primary N) is 1. The number of nitrogen functional groups attached to an aromatic ring is 1. The Bertz CT molecular complexity index is 456. The first-order valence-corrected chi connectivity index (χ1v) is 5.19. The lowest BCUT2D eigenvalue weighted by Gasteiger charge is -2.14. The van der Waals surface area contributed by atoms with Crippen molar-refractivity contribution in [3.8, 4) is 5.75 Å². The van der Waals surface area contributed by atoms with Crippen LogP contribution in [0.1, 0.15) is 18.6 Å². The molecule has 2 aromatic rings. The molecule has 0 unspecified atom stereocenters. The maximum Gasteiger partial charge on any atom is 0.126 e. The highest BCUT2D eigenvalue weighted by atomic mass is 16.5. The fourth-order valence-electron chi connectivity index (χ4n) is 1.50. The van der Waals surface area contributed by atoms with E-state index in [0.29, 0.717) is 5.82 Å². The zero-order chi connectivity index (χ0) is 11.4. The first-order chi connectivity index (χ1) is 7.75. The number of aromatic nitrogens is 1. The molecule has 0 fully saturated rings. The molecule has 0 aliphatic carbocycles. The average molecular weight is 214 g/mol. The van der Waals surface area contributed by atoms with Crippen molar-refractivity contribution < 1.29 is 4.74 Å². The second kappa shape index (κ2) is 4.66. The molecule has 16 heavy (non-hydrogen) atoms. The Morgan fingerprint density at radius 1 is 1.19 bits per heavy atom. The third-order valence-corrected chi connectivity index (χ3v) is 2.33. The van der Waals surface area contributed by atoms with Crippen molar-refractivity contribution in [3.63, 3.8) is 0 Å². The van der Waals surface area contributed by atoms with Gasteiger partial charge in [0.25, 0.3) is 0 Å². The zero-order valence-corrected chi connectivity index (χ0v) is 9.13. The first kappa shape index (κ1) is 10.5. The van der Waals surface area contributed by atoms with Crippen LogP contribution in [0.4, 0.5) is 5.82 Å². The molecule has 0 bridgehead atoms. The lowest BCUT2D eigenvalue weighted by molar-refractivity contribution is 0.227. The van der Waals surface area contributed by atoms with Gasteiger partial charge in [0.1, 0.15) is 17.7 Å². The molecule has 1 atom stereocenters. The van der Waals surface area contributed by atoms with E-state index >= 15 is 0 Å². The molecule has 0 saturated heterocycles. The molecule has 2 rings (SSSR count). The summed E-state index contributed by atoms with van der Waals surface area (Å²) < 4.78 is 5.76. The number of benzene rings is 1. The van der Waals surface area contributed by atoms with Crippen molar-refractivity contribution in [2.75, 3.05) is 5.73 Å². The van der Waals surface area contributed by atoms with Crippen LogP contribution in [0.3, 0.4) is 0 Å². The minimum absolute atomic E-state index is 0.00278. The molecule has 1 heterocycles. The number of anilines is 1. The van der Waals surface area contributed by atoms with Crippen LogP contribution in [0.5, 0.6) is 5.75 Å². The highest BCUT2D eigenvalue weighted by Gasteiger charge is 2.06. The van der Waals surface area contributed by atoms with Crippen molar-refractivity contribution in [2.45, 2.75) is 13.0 Å². The summed E-state index contributed by atoms with van der Waals surface area (Å²) >= 11 is 0. The quantitative estimate of drug-likeness (QED) is 0.854. The fourth-order valence-corrected chi connectivity index (χ4v) is 1.50. The summed E-state index contributed by atoms with van der Waals surface area (Å²) in [7, 11) is 0. The molecule has 82 valence electrons. The van der Waals surface area contributed by atoms with Crippen LogP contribution in [0.25, 0.3) is 0 Å². The summed E-state index contributed by atoms with van der Waals surface area (Å²) in [6.07, 6.45) is 1.64. The number of ether oxygens (including phenoxy) is 1. The van der Waals surface area contributed by atoms with E-state index in [1.807, 2.05) is 37.3 Å². The van der Waals surface area contributed by atoms with Crippen LogP contribution in [0, 0.1) is 0 Å². The van der Waals surface area contributed by atoms with Crippen LogP contribution >= 0.6 is 0 Å². The van der Waals surface area contributed by atoms with Gasteiger partial charge in [-0.25, -0.2) is 4.98 Å². The molecule has 0 spiro atoms. The predicted molar refractivity (Wildman–Crippen MR) is 64.1 cm³/mol. The van der Waals surface area contributed by atoms with Gasteiger partial charge in [0.2, 0.25) is 0 Å². The van der Waals surface area contributed by atoms with Crippen molar-refractivity contribution in [3.05, 3.63) is 54.2 Å². The molecular formula is C13H14N2O. The van der Waals surface area contributed by atoms with E-state index in [9.17, 15) is 0 Å². The summed E-state index contributed by atoms with van der Waals surface area (Å²) in [6.45, 7) is 2.01. The van der Waals surface area contributed by atoms with Gasteiger partial charge in [0, 0.05) is 12.3 Å². The van der Waals surface area contributed by atoms with Gasteiger partial charge < -0.3 is 10.5 Å². The minimum Gasteiger partial charge on any atom is -0.486 e. The molecule has 3 nitrogen and oxygen atoms in total. The second-order valence-corrected chi connectivity index (χ2v) is 3.59. The molecule has 0 aliphatic heterocycles. The lowest BCUT2D eigenvalue weighted by atomic mass is 10.1. The average Bonchev–Trinajstić information content (AvgIpc) is 2.30. The molecule has 0 amide bonds. The topological polar surface area (TPSA) is 48.1 Å². The molecule has 0 radical (unpaired) electrons. The Kier molecular flexibility index (Phi) is 3.05. The van der Waals surface area contributed by atoms with Crippen LogP contribution in [-0.4, -0.2) is 4.98 Å². The highest BCUT2D eigenvalue weighted by Crippen LogP contribution is 2.21. The smallest absolute Gasteiger partial charge is 0.126 e. The van der Waals surface area contributed by atoms with Gasteiger partial charge in [-0.05, 0) is 18.6 Å². The van der Waals surface area contributed by atoms with Crippen molar-refractivity contribution in [2.24, 2.45) is 0 Å². The number of hydrogen-bond donors (Lipinski definition) is 1. The third kappa shape index (κ3) is 2.51. The zero-order valence-electron chi connectivity index (χ0n) is 9.13. The van der Waals surface area contributed by atoms with E-state index in [2.05, 4.69) is 4.98 Å². The molecule has 2 N–H and O–H groups in total. The molecular weight excluding hydrogens is 200 g/mol. The largest absolute Gasteiger partial charge is 0.486 e. The summed E-state index contributed by atoms with van der Waals surface area (Å²) in [4.78, 5) is 3.92. The summed E-state index contributed by atoms with van der Waals surface area (Å²) in [6, 6.07) is 13.6. The monoisotopic (exact) mass is 214 g/mol. The third-order valence-electron chi connectivity index (χ3n) is 2.33. The van der Waals surface area contributed by atoms with Crippen molar-refractivity contribution in [1.82, 2.24) is 4.98 Å². The van der Waals surface area contributed by atoms with Gasteiger partial charge in [-0.1, -0.05) is 30.3 Å². The van der Waals surface area contributed by atoms with E-state index in [1.54, 1.807) is 18.3 Å². The molecule has 0 saturated carbocycles. The van der Waals surface area contributed by atoms with Gasteiger partial charge in [-0.3, -0.25) is 0 Å². The SMILES string of the molecule is C[C@@H](Oc1ccnc(N)c1)c1ccccc1. The molecule has 1 aromatic carbocycles. The Hall–Kier alpha value is -2.03. The number of nitrogens with zero attached hydrogens (tertiary/aromatic N) is 1. The van der Waals surface area contributed by atoms with E-state index < -0.39 is 0 Å². The van der Waals surface area contributed by atoms with Crippen molar-refractivity contribution >= 4 is 5.82 Å². The summed E-state index contributed by atoms with van der Waals surface area (Å²) in [5, 5.41) is 0. The van der Waals surface area contributed by atoms with Crippen LogP contribution in [0.2, 0.25) is 0 Å². The Labute approximate surface area is 94.9 Å². The van der Waals surface area contributed by atoms with Crippen LogP contribution < -0.4 is 10.5 Å². The predicted octanol–water partition coefficient (Wildman–Crippen LogP) is 2.80. The van der Waals surface area contributed by atoms with Gasteiger partial charge in [0.05, 0.1) is 0 Å². The van der Waals surface area contributed by atoms with E-state index in [1.165, 1.54) is 0 Å². The summed E-state index contributed by atoms with van der Waals surface area (Å²) in [5.41, 5.74) is 6.72. The first-order valence-electron chi connectivity index (χ1n) is 5.19. The molecule has 3 heteroatoms. The lowest BCUT2D eigenvalue weighted by Crippen LogP contribution is -2.03. The van der Waals surface area contributed by atoms with Gasteiger partial charge in [0.15, 0.2) is 0 Å². The number of hydrogen-bond acceptors (Lipinski definition) is 3. The van der Waals surface area contributed by atoms with Crippen LogP contribution in [-0.2, 0) is 0 Å². The molecule has 0 aliphatic rings. The maximum atomic E-state index is 5.76. The van der Waals surface area contributed by atoms with Gasteiger partial charge in [-0.15, -0.1) is 0 Å². The van der Waals surface area contributed by atoms with E-state index in [-0.39, 0.29) is 6.10 Å². The Morgan fingerprint density at radius 3 is 2.62 bits per heavy atom. The Morgan fingerprint density at radius 2 is 1.94 bits per heavy atom. The number of pyridine rings is 1. The van der Waals surface area contributed by atoms with Gasteiger partial charge >= 0.3 is 0 Å². The minimum atomic E-state index is 0.00278. The number of rotatable bonds is 3. The fraction of sp³-hybridized carbons (Fsp3) is 0.154. The second-order valence-electron chi connectivity index (χ2n) is 3.59. The normalized spacial score (nSPS) is 12.1. The van der Waals surface area contributed by atoms with Crippen molar-refractivity contribution in [1.29, 1.82) is 0 Å².